The molecule has 1 atom stereocenters. The highest BCUT2D eigenvalue weighted by Gasteiger charge is 2.23. The summed E-state index contributed by atoms with van der Waals surface area (Å²) >= 11 is 5.88. The first-order chi connectivity index (χ1) is 7.68. The lowest BCUT2D eigenvalue weighted by Crippen LogP contribution is -2.52. The smallest absolute Gasteiger partial charge is 0.254 e. The number of rotatable bonds is 1. The van der Waals surface area contributed by atoms with Crippen molar-refractivity contribution in [1.82, 2.24) is 10.2 Å². The maximum absolute atomic E-state index is 12.2. The van der Waals surface area contributed by atoms with E-state index in [1.807, 2.05) is 17.0 Å². The average molecular weight is 239 g/mol. The van der Waals surface area contributed by atoms with Gasteiger partial charge in [-0.2, -0.15) is 0 Å². The Kier molecular flexibility index (Phi) is 3.46. The number of hydrogen-bond acceptors (Lipinski definition) is 2. The lowest BCUT2D eigenvalue weighted by atomic mass is 10.1. The maximum Gasteiger partial charge on any atom is 0.254 e. The van der Waals surface area contributed by atoms with Gasteiger partial charge in [0, 0.05) is 36.3 Å². The SMILES string of the molecule is C[C@@H]1CNCCN1C(=O)c1cccc(Cl)c1. The van der Waals surface area contributed by atoms with Gasteiger partial charge >= 0.3 is 0 Å². The topological polar surface area (TPSA) is 32.3 Å². The van der Waals surface area contributed by atoms with E-state index < -0.39 is 0 Å². The van der Waals surface area contributed by atoms with E-state index in [1.165, 1.54) is 0 Å². The normalized spacial score (nSPS) is 20.9. The molecule has 0 radical (unpaired) electrons. The highest BCUT2D eigenvalue weighted by molar-refractivity contribution is 6.30. The van der Waals surface area contributed by atoms with Crippen LogP contribution in [0.1, 0.15) is 17.3 Å². The van der Waals surface area contributed by atoms with Crippen LogP contribution in [-0.2, 0) is 0 Å². The number of carbonyl (C=O) groups is 1. The van der Waals surface area contributed by atoms with Gasteiger partial charge in [-0.25, -0.2) is 0 Å². The molecule has 1 aliphatic rings. The number of piperazine rings is 1. The van der Waals surface area contributed by atoms with Crippen LogP contribution in [-0.4, -0.2) is 36.5 Å². The van der Waals surface area contributed by atoms with Gasteiger partial charge in [-0.15, -0.1) is 0 Å². The maximum atomic E-state index is 12.2. The molecule has 1 aromatic rings. The first-order valence-electron chi connectivity index (χ1n) is 5.46. The Hall–Kier alpha value is -1.06. The molecule has 1 N–H and O–H groups in total. The van der Waals surface area contributed by atoms with E-state index in [0.717, 1.165) is 19.6 Å². The second-order valence-electron chi connectivity index (χ2n) is 4.06. The molecule has 0 saturated carbocycles. The standard InChI is InChI=1S/C12H15ClN2O/c1-9-8-14-5-6-15(9)12(16)10-3-2-4-11(13)7-10/h2-4,7,9,14H,5-6,8H2,1H3/t9-/m1/s1. The second kappa shape index (κ2) is 4.85. The summed E-state index contributed by atoms with van der Waals surface area (Å²) in [5.41, 5.74) is 0.668. The Balaban J connectivity index is 2.17. The van der Waals surface area contributed by atoms with Crippen molar-refractivity contribution in [3.8, 4) is 0 Å². The quantitative estimate of drug-likeness (QED) is 0.809. The van der Waals surface area contributed by atoms with E-state index in [9.17, 15) is 4.79 Å². The van der Waals surface area contributed by atoms with Gasteiger partial charge in [0.05, 0.1) is 0 Å². The van der Waals surface area contributed by atoms with Crippen molar-refractivity contribution in [2.75, 3.05) is 19.6 Å². The van der Waals surface area contributed by atoms with Crippen molar-refractivity contribution in [2.24, 2.45) is 0 Å². The van der Waals surface area contributed by atoms with Crippen LogP contribution in [0.5, 0.6) is 0 Å². The summed E-state index contributed by atoms with van der Waals surface area (Å²) in [5, 5.41) is 3.87. The zero-order chi connectivity index (χ0) is 11.5. The Labute approximate surface area is 100 Å². The molecule has 0 spiro atoms. The second-order valence-corrected chi connectivity index (χ2v) is 4.50. The van der Waals surface area contributed by atoms with Gasteiger partial charge in [0.2, 0.25) is 0 Å². The third kappa shape index (κ3) is 2.36. The van der Waals surface area contributed by atoms with Crippen molar-refractivity contribution in [3.05, 3.63) is 34.9 Å². The number of nitrogens with zero attached hydrogens (tertiary/aromatic N) is 1. The number of benzene rings is 1. The van der Waals surface area contributed by atoms with Crippen LogP contribution in [0.3, 0.4) is 0 Å². The molecule has 3 nitrogen and oxygen atoms in total. The van der Waals surface area contributed by atoms with Crippen molar-refractivity contribution >= 4 is 17.5 Å². The van der Waals surface area contributed by atoms with Crippen molar-refractivity contribution in [2.45, 2.75) is 13.0 Å². The van der Waals surface area contributed by atoms with Crippen LogP contribution in [0.2, 0.25) is 5.02 Å². The molecule has 2 rings (SSSR count). The fourth-order valence-electron chi connectivity index (χ4n) is 1.93. The molecule has 0 aliphatic carbocycles. The number of nitrogens with one attached hydrogen (secondary N) is 1. The molecule has 86 valence electrons. The summed E-state index contributed by atoms with van der Waals surface area (Å²) in [7, 11) is 0. The summed E-state index contributed by atoms with van der Waals surface area (Å²) in [6.45, 7) is 4.52. The Morgan fingerprint density at radius 1 is 1.56 bits per heavy atom. The molecule has 1 aliphatic heterocycles. The molecule has 0 aromatic heterocycles. The zero-order valence-corrected chi connectivity index (χ0v) is 10.00. The number of carbonyl (C=O) groups excluding carboxylic acids is 1. The Bertz CT molecular complexity index is 394. The molecule has 1 heterocycles. The molecule has 4 heteroatoms. The molecule has 1 fully saturated rings. The summed E-state index contributed by atoms with van der Waals surface area (Å²) in [6.07, 6.45) is 0. The highest BCUT2D eigenvalue weighted by Crippen LogP contribution is 2.14. The van der Waals surface area contributed by atoms with Crippen LogP contribution in [0, 0.1) is 0 Å². The van der Waals surface area contributed by atoms with Crippen LogP contribution in [0.25, 0.3) is 0 Å². The third-order valence-corrected chi connectivity index (χ3v) is 3.07. The molecule has 16 heavy (non-hydrogen) atoms. The fourth-order valence-corrected chi connectivity index (χ4v) is 2.12. The number of halogens is 1. The minimum atomic E-state index is 0.0662. The van der Waals surface area contributed by atoms with Crippen LogP contribution >= 0.6 is 11.6 Å². The Morgan fingerprint density at radius 3 is 3.06 bits per heavy atom. The van der Waals surface area contributed by atoms with E-state index >= 15 is 0 Å². The molecule has 1 saturated heterocycles. The predicted octanol–water partition coefficient (Wildman–Crippen LogP) is 1.77. The van der Waals surface area contributed by atoms with Crippen molar-refractivity contribution < 1.29 is 4.79 Å². The summed E-state index contributed by atoms with van der Waals surface area (Å²) in [5.74, 6) is 0.0662. The predicted molar refractivity (Wildman–Crippen MR) is 64.8 cm³/mol. The van der Waals surface area contributed by atoms with E-state index in [4.69, 9.17) is 11.6 Å². The molecular formula is C12H15ClN2O. The average Bonchev–Trinajstić information content (AvgIpc) is 2.29. The summed E-state index contributed by atoms with van der Waals surface area (Å²) in [4.78, 5) is 14.1. The zero-order valence-electron chi connectivity index (χ0n) is 9.24. The molecule has 1 amide bonds. The van der Waals surface area contributed by atoms with Gasteiger partial charge in [-0.1, -0.05) is 17.7 Å². The number of amides is 1. The first-order valence-corrected chi connectivity index (χ1v) is 5.83. The van der Waals surface area contributed by atoms with E-state index in [1.54, 1.807) is 12.1 Å². The fraction of sp³-hybridized carbons (Fsp3) is 0.417. The highest BCUT2D eigenvalue weighted by atomic mass is 35.5. The largest absolute Gasteiger partial charge is 0.333 e. The lowest BCUT2D eigenvalue weighted by molar-refractivity contribution is 0.0656. The lowest BCUT2D eigenvalue weighted by Gasteiger charge is -2.34. The molecular weight excluding hydrogens is 224 g/mol. The minimum absolute atomic E-state index is 0.0662. The monoisotopic (exact) mass is 238 g/mol. The van der Waals surface area contributed by atoms with Gasteiger partial charge in [0.1, 0.15) is 0 Å². The van der Waals surface area contributed by atoms with E-state index in [0.29, 0.717) is 10.6 Å². The van der Waals surface area contributed by atoms with Gasteiger partial charge in [-0.3, -0.25) is 4.79 Å². The van der Waals surface area contributed by atoms with Gasteiger partial charge in [0.15, 0.2) is 0 Å². The summed E-state index contributed by atoms with van der Waals surface area (Å²) in [6, 6.07) is 7.35. The van der Waals surface area contributed by atoms with Crippen LogP contribution < -0.4 is 5.32 Å². The van der Waals surface area contributed by atoms with Gasteiger partial charge < -0.3 is 10.2 Å². The molecule has 0 unspecified atom stereocenters. The third-order valence-electron chi connectivity index (χ3n) is 2.83. The summed E-state index contributed by atoms with van der Waals surface area (Å²) < 4.78 is 0. The van der Waals surface area contributed by atoms with Crippen molar-refractivity contribution in [1.29, 1.82) is 0 Å². The minimum Gasteiger partial charge on any atom is -0.333 e. The van der Waals surface area contributed by atoms with Crippen LogP contribution in [0.15, 0.2) is 24.3 Å². The van der Waals surface area contributed by atoms with E-state index in [2.05, 4.69) is 12.2 Å². The Morgan fingerprint density at radius 2 is 2.38 bits per heavy atom. The number of hydrogen-bond donors (Lipinski definition) is 1. The van der Waals surface area contributed by atoms with Gasteiger partial charge in [0.25, 0.3) is 5.91 Å². The molecule has 0 bridgehead atoms. The van der Waals surface area contributed by atoms with Crippen LogP contribution in [0.4, 0.5) is 0 Å². The van der Waals surface area contributed by atoms with Crippen molar-refractivity contribution in [3.63, 3.8) is 0 Å². The van der Waals surface area contributed by atoms with E-state index in [-0.39, 0.29) is 11.9 Å². The van der Waals surface area contributed by atoms with Gasteiger partial charge in [-0.05, 0) is 25.1 Å². The first kappa shape index (κ1) is 11.4. The molecule has 1 aromatic carbocycles.